The molecule has 0 amide bonds. The summed E-state index contributed by atoms with van der Waals surface area (Å²) < 4.78 is 0. The molecule has 142 valence electrons. The largest absolute Gasteiger partial charge is 2.00 e. The van der Waals surface area contributed by atoms with Crippen LogP contribution in [0.1, 0.15) is 0 Å². The van der Waals surface area contributed by atoms with Crippen LogP contribution in [0.2, 0.25) is 0 Å². The monoisotopic (exact) mass is 553 g/mol. The smallest absolute Gasteiger partial charge is 0.295 e. The average molecular weight is 554 g/mol. The molecule has 0 aliphatic rings. The van der Waals surface area contributed by atoms with E-state index in [0.717, 1.165) is 22.6 Å². The van der Waals surface area contributed by atoms with Gasteiger partial charge in [0.1, 0.15) is 0 Å². The molecule has 0 saturated heterocycles. The van der Waals surface area contributed by atoms with Gasteiger partial charge in [0.2, 0.25) is 0 Å². The van der Waals surface area contributed by atoms with Crippen LogP contribution in [0.5, 0.6) is 0 Å². The van der Waals surface area contributed by atoms with Crippen molar-refractivity contribution >= 4 is 10.8 Å². The molecular formula is C26H18N2Pt. The SMILES string of the molecule is [Pt+2].[c-]1cccc2ccccc12.[c-]1ccccc1-c1cccc(-c2ccccn2)n1. The summed E-state index contributed by atoms with van der Waals surface area (Å²) in [5, 5.41) is 2.44. The normalized spacial score (nSPS) is 9.79. The van der Waals surface area contributed by atoms with Gasteiger partial charge in [-0.1, -0.05) is 30.3 Å². The van der Waals surface area contributed by atoms with Gasteiger partial charge in [-0.3, -0.25) is 9.97 Å². The molecule has 0 atom stereocenters. The predicted molar refractivity (Wildman–Crippen MR) is 115 cm³/mol. The zero-order valence-electron chi connectivity index (χ0n) is 15.6. The van der Waals surface area contributed by atoms with E-state index in [1.807, 2.05) is 84.9 Å². The van der Waals surface area contributed by atoms with Gasteiger partial charge in [-0.05, 0) is 23.9 Å². The van der Waals surface area contributed by atoms with E-state index < -0.39 is 0 Å². The van der Waals surface area contributed by atoms with Crippen molar-refractivity contribution in [1.29, 1.82) is 0 Å². The molecule has 0 aliphatic heterocycles. The molecule has 2 heterocycles. The summed E-state index contributed by atoms with van der Waals surface area (Å²) in [6.45, 7) is 0. The third-order valence-corrected chi connectivity index (χ3v) is 4.23. The second-order valence-electron chi connectivity index (χ2n) is 6.16. The maximum atomic E-state index is 4.62. The molecule has 5 rings (SSSR count). The molecule has 0 radical (unpaired) electrons. The summed E-state index contributed by atoms with van der Waals surface area (Å²) in [5.41, 5.74) is 3.68. The average Bonchev–Trinajstić information content (AvgIpc) is 2.81. The molecule has 5 aromatic rings. The van der Waals surface area contributed by atoms with Gasteiger partial charge in [-0.2, -0.15) is 0 Å². The van der Waals surface area contributed by atoms with Crippen LogP contribution >= 0.6 is 0 Å². The first-order valence-corrected chi connectivity index (χ1v) is 9.11. The molecule has 0 bridgehead atoms. The zero-order chi connectivity index (χ0) is 19.0. The number of nitrogens with zero attached hydrogens (tertiary/aromatic N) is 2. The molecule has 3 heteroatoms. The third kappa shape index (κ3) is 5.46. The Bertz CT molecular complexity index is 1040. The van der Waals surface area contributed by atoms with Crippen molar-refractivity contribution in [3.63, 3.8) is 0 Å². The Kier molecular flexibility index (Phi) is 7.44. The van der Waals surface area contributed by atoms with Gasteiger partial charge in [-0.15, -0.1) is 83.1 Å². The minimum atomic E-state index is 0. The number of rotatable bonds is 2. The molecule has 3 aromatic carbocycles. The van der Waals surface area contributed by atoms with Crippen LogP contribution in [0.25, 0.3) is 33.4 Å². The topological polar surface area (TPSA) is 25.8 Å². The molecule has 2 nitrogen and oxygen atoms in total. The van der Waals surface area contributed by atoms with Crippen molar-refractivity contribution in [2.75, 3.05) is 0 Å². The number of hydrogen-bond donors (Lipinski definition) is 0. The fraction of sp³-hybridized carbons (Fsp3) is 0. The van der Waals surface area contributed by atoms with Gasteiger partial charge in [-0.25, -0.2) is 0 Å². The third-order valence-electron chi connectivity index (χ3n) is 4.23. The van der Waals surface area contributed by atoms with Crippen molar-refractivity contribution in [1.82, 2.24) is 9.97 Å². The molecule has 0 spiro atoms. The molecule has 0 N–H and O–H groups in total. The summed E-state index contributed by atoms with van der Waals surface area (Å²) in [6.07, 6.45) is 1.78. The van der Waals surface area contributed by atoms with Crippen LogP contribution in [-0.4, -0.2) is 9.97 Å². The first-order chi connectivity index (χ1) is 13.9. The van der Waals surface area contributed by atoms with Gasteiger partial charge in [0.25, 0.3) is 0 Å². The van der Waals surface area contributed by atoms with E-state index in [4.69, 9.17) is 0 Å². The molecule has 0 unspecified atom stereocenters. The zero-order valence-corrected chi connectivity index (χ0v) is 17.9. The van der Waals surface area contributed by atoms with E-state index in [1.165, 1.54) is 10.8 Å². The van der Waals surface area contributed by atoms with Gasteiger partial charge < -0.3 is 0 Å². The summed E-state index contributed by atoms with van der Waals surface area (Å²) >= 11 is 0. The number of fused-ring (bicyclic) bond motifs is 1. The number of hydrogen-bond acceptors (Lipinski definition) is 2. The summed E-state index contributed by atoms with van der Waals surface area (Å²) in [4.78, 5) is 8.93. The van der Waals surface area contributed by atoms with E-state index in [9.17, 15) is 0 Å². The minimum absolute atomic E-state index is 0. The fourth-order valence-corrected chi connectivity index (χ4v) is 2.86. The number of benzene rings is 3. The molecule has 0 fully saturated rings. The van der Waals surface area contributed by atoms with Gasteiger partial charge in [0, 0.05) is 6.20 Å². The molecule has 2 aromatic heterocycles. The number of pyridine rings is 2. The van der Waals surface area contributed by atoms with Crippen molar-refractivity contribution in [2.45, 2.75) is 0 Å². The molecule has 29 heavy (non-hydrogen) atoms. The van der Waals surface area contributed by atoms with E-state index in [1.54, 1.807) is 6.20 Å². The Balaban J connectivity index is 0.000000186. The number of aromatic nitrogens is 2. The Morgan fingerprint density at radius 2 is 1.28 bits per heavy atom. The van der Waals surface area contributed by atoms with Gasteiger partial charge >= 0.3 is 21.1 Å². The van der Waals surface area contributed by atoms with Crippen LogP contribution in [0.3, 0.4) is 0 Å². The van der Waals surface area contributed by atoms with Crippen molar-refractivity contribution in [3.8, 4) is 22.6 Å². The fourth-order valence-electron chi connectivity index (χ4n) is 2.86. The maximum Gasteiger partial charge on any atom is 2.00 e. The van der Waals surface area contributed by atoms with Crippen LogP contribution in [0, 0.1) is 12.1 Å². The Labute approximate surface area is 185 Å². The van der Waals surface area contributed by atoms with Gasteiger partial charge in [0.15, 0.2) is 0 Å². The first-order valence-electron chi connectivity index (χ1n) is 9.11. The van der Waals surface area contributed by atoms with Crippen LogP contribution in [-0.2, 0) is 21.1 Å². The molecule has 0 saturated carbocycles. The van der Waals surface area contributed by atoms with Crippen LogP contribution in [0.4, 0.5) is 0 Å². The van der Waals surface area contributed by atoms with Crippen LogP contribution in [0.15, 0.2) is 109 Å². The van der Waals surface area contributed by atoms with E-state index >= 15 is 0 Å². The molecule has 0 aliphatic carbocycles. The molecular weight excluding hydrogens is 535 g/mol. The van der Waals surface area contributed by atoms with Crippen molar-refractivity contribution in [2.24, 2.45) is 0 Å². The van der Waals surface area contributed by atoms with Crippen molar-refractivity contribution in [3.05, 3.63) is 121 Å². The Morgan fingerprint density at radius 3 is 2.07 bits per heavy atom. The van der Waals surface area contributed by atoms with Gasteiger partial charge in [0.05, 0.1) is 11.4 Å². The summed E-state index contributed by atoms with van der Waals surface area (Å²) in [7, 11) is 0. The van der Waals surface area contributed by atoms with Crippen molar-refractivity contribution < 1.29 is 21.1 Å². The first kappa shape index (κ1) is 20.6. The quantitative estimate of drug-likeness (QED) is 0.242. The van der Waals surface area contributed by atoms with E-state index in [0.29, 0.717) is 0 Å². The predicted octanol–water partition coefficient (Wildman–Crippen LogP) is 6.25. The van der Waals surface area contributed by atoms with E-state index in [-0.39, 0.29) is 21.1 Å². The second kappa shape index (κ2) is 10.5. The summed E-state index contributed by atoms with van der Waals surface area (Å²) in [6, 6.07) is 40.2. The van der Waals surface area contributed by atoms with E-state index in [2.05, 4.69) is 40.3 Å². The minimum Gasteiger partial charge on any atom is -0.295 e. The Hall–Kier alpha value is -3.09. The maximum absolute atomic E-state index is 4.62. The second-order valence-corrected chi connectivity index (χ2v) is 6.16. The van der Waals surface area contributed by atoms with Crippen LogP contribution < -0.4 is 0 Å². The standard InChI is InChI=1S/C16H11N2.C10H7.Pt/c1-2-7-13(8-3-1)14-10-6-11-16(18-14)15-9-4-5-12-17-15;1-2-6-10-8-4-3-7-9(10)5-1;/h1-7,9-12H;1-7H;/q2*-1;+2. The Morgan fingerprint density at radius 1 is 0.552 bits per heavy atom. The summed E-state index contributed by atoms with van der Waals surface area (Å²) in [5.74, 6) is 0.